The highest BCUT2D eigenvalue weighted by molar-refractivity contribution is 5.96. The second kappa shape index (κ2) is 8.40. The first-order valence-electron chi connectivity index (χ1n) is 9.87. The van der Waals surface area contributed by atoms with Crippen LogP contribution in [0.1, 0.15) is 18.4 Å². The standard InChI is InChI=1S/C26H22O5/c1-16(26(28)29)17-6-9-21(10-7-17)31-25-23(18-4-3-5-20(27)14-18)12-8-19-15-22(30-2)11-13-24(19)25/h3-16,27H,1-2H3,(H,28,29). The summed E-state index contributed by atoms with van der Waals surface area (Å²) in [7, 11) is 1.62. The molecule has 0 amide bonds. The summed E-state index contributed by atoms with van der Waals surface area (Å²) in [6.07, 6.45) is 0. The topological polar surface area (TPSA) is 76.0 Å². The maximum atomic E-state index is 11.2. The van der Waals surface area contributed by atoms with Crippen molar-refractivity contribution in [1.29, 1.82) is 0 Å². The van der Waals surface area contributed by atoms with E-state index in [0.717, 1.165) is 27.6 Å². The fraction of sp³-hybridized carbons (Fsp3) is 0.115. The van der Waals surface area contributed by atoms with E-state index in [9.17, 15) is 15.0 Å². The number of hydrogen-bond acceptors (Lipinski definition) is 4. The molecular weight excluding hydrogens is 392 g/mol. The molecule has 0 radical (unpaired) electrons. The fourth-order valence-corrected chi connectivity index (χ4v) is 3.50. The Hall–Kier alpha value is -3.99. The van der Waals surface area contributed by atoms with Gasteiger partial charge < -0.3 is 19.7 Å². The zero-order valence-corrected chi connectivity index (χ0v) is 17.2. The summed E-state index contributed by atoms with van der Waals surface area (Å²) in [5.41, 5.74) is 2.36. The van der Waals surface area contributed by atoms with Crippen LogP contribution in [0.2, 0.25) is 0 Å². The van der Waals surface area contributed by atoms with Gasteiger partial charge in [0.25, 0.3) is 0 Å². The predicted molar refractivity (Wildman–Crippen MR) is 120 cm³/mol. The normalized spacial score (nSPS) is 11.8. The Bertz CT molecular complexity index is 1240. The Morgan fingerprint density at radius 1 is 0.903 bits per heavy atom. The van der Waals surface area contributed by atoms with E-state index >= 15 is 0 Å². The number of benzene rings is 4. The number of carboxylic acid groups (broad SMARTS) is 1. The molecule has 156 valence electrons. The second-order valence-corrected chi connectivity index (χ2v) is 7.31. The van der Waals surface area contributed by atoms with E-state index in [1.165, 1.54) is 0 Å². The fourth-order valence-electron chi connectivity index (χ4n) is 3.50. The molecule has 0 aliphatic rings. The molecule has 1 atom stereocenters. The third kappa shape index (κ3) is 4.16. The molecule has 1 unspecified atom stereocenters. The van der Waals surface area contributed by atoms with Gasteiger partial charge in [-0.2, -0.15) is 0 Å². The third-order valence-electron chi connectivity index (χ3n) is 5.31. The summed E-state index contributed by atoms with van der Waals surface area (Å²) >= 11 is 0. The number of carboxylic acids is 1. The van der Waals surface area contributed by atoms with Crippen LogP contribution in [0.15, 0.2) is 78.9 Å². The van der Waals surface area contributed by atoms with Crippen molar-refractivity contribution < 1.29 is 24.5 Å². The maximum Gasteiger partial charge on any atom is 0.310 e. The lowest BCUT2D eigenvalue weighted by atomic mass is 9.99. The molecule has 0 spiro atoms. The van der Waals surface area contributed by atoms with E-state index in [2.05, 4.69) is 0 Å². The molecule has 0 saturated carbocycles. The van der Waals surface area contributed by atoms with E-state index in [4.69, 9.17) is 9.47 Å². The molecular formula is C26H22O5. The van der Waals surface area contributed by atoms with Crippen molar-refractivity contribution in [3.05, 3.63) is 84.4 Å². The number of methoxy groups -OCH3 is 1. The monoisotopic (exact) mass is 414 g/mol. The molecule has 0 aliphatic heterocycles. The van der Waals surface area contributed by atoms with Gasteiger partial charge in [0, 0.05) is 10.9 Å². The Kier molecular flexibility index (Phi) is 5.50. The van der Waals surface area contributed by atoms with Crippen LogP contribution >= 0.6 is 0 Å². The minimum absolute atomic E-state index is 0.172. The van der Waals surface area contributed by atoms with Gasteiger partial charge in [0.2, 0.25) is 0 Å². The van der Waals surface area contributed by atoms with Gasteiger partial charge in [0.05, 0.1) is 13.0 Å². The Balaban J connectivity index is 1.82. The summed E-state index contributed by atoms with van der Waals surface area (Å²) in [5.74, 6) is 0.682. The number of phenols is 1. The molecule has 0 saturated heterocycles. The van der Waals surface area contributed by atoms with Gasteiger partial charge in [0.15, 0.2) is 0 Å². The van der Waals surface area contributed by atoms with Crippen LogP contribution in [-0.4, -0.2) is 23.3 Å². The van der Waals surface area contributed by atoms with E-state index < -0.39 is 11.9 Å². The molecule has 2 N–H and O–H groups in total. The largest absolute Gasteiger partial charge is 0.508 e. The van der Waals surface area contributed by atoms with Crippen molar-refractivity contribution in [3.8, 4) is 34.1 Å². The quantitative estimate of drug-likeness (QED) is 0.393. The molecule has 0 bridgehead atoms. The van der Waals surface area contributed by atoms with Crippen LogP contribution < -0.4 is 9.47 Å². The number of ether oxygens (including phenoxy) is 2. The average molecular weight is 414 g/mol. The highest BCUT2D eigenvalue weighted by Crippen LogP contribution is 2.41. The van der Waals surface area contributed by atoms with Gasteiger partial charge in [-0.05, 0) is 72.0 Å². The first kappa shape index (κ1) is 20.3. The molecule has 0 aromatic heterocycles. The van der Waals surface area contributed by atoms with E-state index in [-0.39, 0.29) is 5.75 Å². The molecule has 0 fully saturated rings. The summed E-state index contributed by atoms with van der Waals surface area (Å²) in [4.78, 5) is 11.2. The van der Waals surface area contributed by atoms with Gasteiger partial charge >= 0.3 is 5.97 Å². The minimum atomic E-state index is -0.872. The maximum absolute atomic E-state index is 11.2. The molecule has 4 aromatic carbocycles. The zero-order chi connectivity index (χ0) is 22.0. The van der Waals surface area contributed by atoms with Crippen molar-refractivity contribution >= 4 is 16.7 Å². The lowest BCUT2D eigenvalue weighted by Crippen LogP contribution is -2.06. The Morgan fingerprint density at radius 2 is 1.65 bits per heavy atom. The van der Waals surface area contributed by atoms with Crippen molar-refractivity contribution in [2.75, 3.05) is 7.11 Å². The third-order valence-corrected chi connectivity index (χ3v) is 5.31. The number of rotatable bonds is 6. The highest BCUT2D eigenvalue weighted by atomic mass is 16.5. The van der Waals surface area contributed by atoms with Gasteiger partial charge in [-0.3, -0.25) is 4.79 Å². The Labute approximate surface area is 180 Å². The molecule has 4 aromatic rings. The predicted octanol–water partition coefficient (Wildman–Crippen LogP) is 6.20. The first-order chi connectivity index (χ1) is 15.0. The second-order valence-electron chi connectivity index (χ2n) is 7.31. The average Bonchev–Trinajstić information content (AvgIpc) is 2.78. The van der Waals surface area contributed by atoms with Gasteiger partial charge in [-0.25, -0.2) is 0 Å². The number of aliphatic carboxylic acids is 1. The van der Waals surface area contributed by atoms with Crippen LogP contribution in [0.5, 0.6) is 23.0 Å². The first-order valence-corrected chi connectivity index (χ1v) is 9.87. The number of phenolic OH excluding ortho intramolecular Hbond substituents is 1. The summed E-state index contributed by atoms with van der Waals surface area (Å²) < 4.78 is 11.7. The van der Waals surface area contributed by atoms with Crippen LogP contribution in [-0.2, 0) is 4.79 Å². The SMILES string of the molecule is COc1ccc2c(Oc3ccc(C(C)C(=O)O)cc3)c(-c3cccc(O)c3)ccc2c1. The van der Waals surface area contributed by atoms with Gasteiger partial charge in [0.1, 0.15) is 23.0 Å². The van der Waals surface area contributed by atoms with Crippen molar-refractivity contribution in [3.63, 3.8) is 0 Å². The number of carbonyl (C=O) groups is 1. The van der Waals surface area contributed by atoms with Crippen molar-refractivity contribution in [2.45, 2.75) is 12.8 Å². The molecule has 31 heavy (non-hydrogen) atoms. The molecule has 4 rings (SSSR count). The summed E-state index contributed by atoms with van der Waals surface area (Å²) in [5, 5.41) is 21.0. The smallest absolute Gasteiger partial charge is 0.310 e. The highest BCUT2D eigenvalue weighted by Gasteiger charge is 2.16. The van der Waals surface area contributed by atoms with Crippen LogP contribution in [0, 0.1) is 0 Å². The van der Waals surface area contributed by atoms with Crippen molar-refractivity contribution in [1.82, 2.24) is 0 Å². The van der Waals surface area contributed by atoms with E-state index in [1.54, 1.807) is 56.5 Å². The van der Waals surface area contributed by atoms with E-state index in [1.807, 2.05) is 36.4 Å². The van der Waals surface area contributed by atoms with Gasteiger partial charge in [-0.1, -0.05) is 30.3 Å². The molecule has 5 heteroatoms. The molecule has 0 heterocycles. The lowest BCUT2D eigenvalue weighted by Gasteiger charge is -2.16. The van der Waals surface area contributed by atoms with Crippen LogP contribution in [0.4, 0.5) is 0 Å². The molecule has 0 aliphatic carbocycles. The minimum Gasteiger partial charge on any atom is -0.508 e. The molecule has 5 nitrogen and oxygen atoms in total. The van der Waals surface area contributed by atoms with Gasteiger partial charge in [-0.15, -0.1) is 0 Å². The Morgan fingerprint density at radius 3 is 2.32 bits per heavy atom. The van der Waals surface area contributed by atoms with Crippen molar-refractivity contribution in [2.24, 2.45) is 0 Å². The number of aromatic hydroxyl groups is 1. The zero-order valence-electron chi connectivity index (χ0n) is 17.2. The summed E-state index contributed by atoms with van der Waals surface area (Å²) in [6, 6.07) is 23.8. The van der Waals surface area contributed by atoms with Crippen LogP contribution in [0.25, 0.3) is 21.9 Å². The van der Waals surface area contributed by atoms with E-state index in [0.29, 0.717) is 17.1 Å². The lowest BCUT2D eigenvalue weighted by molar-refractivity contribution is -0.138. The van der Waals surface area contributed by atoms with Crippen LogP contribution in [0.3, 0.4) is 0 Å². The number of hydrogen-bond donors (Lipinski definition) is 2. The summed E-state index contributed by atoms with van der Waals surface area (Å²) in [6.45, 7) is 1.65. The number of fused-ring (bicyclic) bond motifs is 1.